The Morgan fingerprint density at radius 2 is 2.04 bits per heavy atom. The maximum atomic E-state index is 13.0. The first-order chi connectivity index (χ1) is 11.3. The fraction of sp³-hybridized carbons (Fsp3) is 0.167. The number of carbonyl (C=O) groups excluding carboxylic acids is 1. The summed E-state index contributed by atoms with van der Waals surface area (Å²) in [7, 11) is 1.58. The van der Waals surface area contributed by atoms with Crippen LogP contribution < -0.4 is 4.74 Å². The summed E-state index contributed by atoms with van der Waals surface area (Å²) < 4.78 is 10.4. The number of benzene rings is 1. The van der Waals surface area contributed by atoms with E-state index >= 15 is 0 Å². The molecule has 23 heavy (non-hydrogen) atoms. The van der Waals surface area contributed by atoms with Crippen molar-refractivity contribution in [2.75, 3.05) is 7.11 Å². The highest BCUT2D eigenvalue weighted by Crippen LogP contribution is 2.23. The minimum atomic E-state index is -0.0583. The Labute approximate surface area is 138 Å². The molecule has 0 bridgehead atoms. The van der Waals surface area contributed by atoms with Gasteiger partial charge in [0, 0.05) is 17.0 Å². The van der Waals surface area contributed by atoms with Gasteiger partial charge in [0.25, 0.3) is 5.91 Å². The first kappa shape index (κ1) is 15.4. The van der Waals surface area contributed by atoms with E-state index in [-0.39, 0.29) is 5.91 Å². The number of amides is 1. The van der Waals surface area contributed by atoms with Gasteiger partial charge in [-0.1, -0.05) is 18.2 Å². The zero-order valence-corrected chi connectivity index (χ0v) is 13.6. The Kier molecular flexibility index (Phi) is 4.78. The van der Waals surface area contributed by atoms with Gasteiger partial charge in [0.2, 0.25) is 0 Å². The smallest absolute Gasteiger partial charge is 0.258 e. The number of ether oxygens (including phenoxy) is 1. The van der Waals surface area contributed by atoms with Gasteiger partial charge >= 0.3 is 0 Å². The molecule has 118 valence electrons. The average molecular weight is 327 g/mol. The quantitative estimate of drug-likeness (QED) is 0.682. The Morgan fingerprint density at radius 1 is 1.17 bits per heavy atom. The molecule has 0 aliphatic heterocycles. The van der Waals surface area contributed by atoms with Gasteiger partial charge in [-0.2, -0.15) is 0 Å². The average Bonchev–Trinajstić information content (AvgIpc) is 3.27. The van der Waals surface area contributed by atoms with Gasteiger partial charge in [-0.05, 0) is 29.6 Å². The van der Waals surface area contributed by atoms with Crippen molar-refractivity contribution in [3.05, 3.63) is 76.4 Å². The summed E-state index contributed by atoms with van der Waals surface area (Å²) in [5.74, 6) is 0.526. The van der Waals surface area contributed by atoms with Crippen LogP contribution in [0.2, 0.25) is 0 Å². The van der Waals surface area contributed by atoms with Crippen molar-refractivity contribution in [2.45, 2.75) is 13.1 Å². The zero-order valence-electron chi connectivity index (χ0n) is 12.8. The lowest BCUT2D eigenvalue weighted by molar-refractivity contribution is 0.0728. The Balaban J connectivity index is 1.88. The summed E-state index contributed by atoms with van der Waals surface area (Å²) in [6.07, 6.45) is 3.28. The van der Waals surface area contributed by atoms with Gasteiger partial charge in [0.05, 0.1) is 31.7 Å². The van der Waals surface area contributed by atoms with Crippen LogP contribution in [0.4, 0.5) is 0 Å². The highest BCUT2D eigenvalue weighted by atomic mass is 32.1. The fourth-order valence-corrected chi connectivity index (χ4v) is 3.10. The van der Waals surface area contributed by atoms with Crippen LogP contribution in [0.25, 0.3) is 0 Å². The first-order valence-electron chi connectivity index (χ1n) is 7.23. The normalized spacial score (nSPS) is 10.5. The molecule has 1 amide bonds. The number of nitrogens with zero attached hydrogens (tertiary/aromatic N) is 1. The number of thiophene rings is 1. The van der Waals surface area contributed by atoms with Crippen LogP contribution in [0.5, 0.6) is 5.75 Å². The number of carbonyl (C=O) groups is 1. The largest absolute Gasteiger partial charge is 0.496 e. The van der Waals surface area contributed by atoms with Crippen LogP contribution in [0, 0.1) is 0 Å². The summed E-state index contributed by atoms with van der Waals surface area (Å²) >= 11 is 1.64. The van der Waals surface area contributed by atoms with Gasteiger partial charge in [-0.3, -0.25) is 4.79 Å². The monoisotopic (exact) mass is 327 g/mol. The van der Waals surface area contributed by atoms with Gasteiger partial charge < -0.3 is 14.1 Å². The number of para-hydroxylation sites is 1. The van der Waals surface area contributed by atoms with Crippen molar-refractivity contribution >= 4 is 17.2 Å². The molecule has 0 N–H and O–H groups in total. The van der Waals surface area contributed by atoms with E-state index in [0.717, 1.165) is 10.4 Å². The van der Waals surface area contributed by atoms with Gasteiger partial charge in [-0.15, -0.1) is 11.3 Å². The van der Waals surface area contributed by atoms with Crippen molar-refractivity contribution in [3.8, 4) is 5.75 Å². The maximum Gasteiger partial charge on any atom is 0.258 e. The minimum Gasteiger partial charge on any atom is -0.496 e. The molecule has 0 aliphatic carbocycles. The number of rotatable bonds is 6. The van der Waals surface area contributed by atoms with Crippen LogP contribution >= 0.6 is 11.3 Å². The van der Waals surface area contributed by atoms with E-state index in [1.165, 1.54) is 0 Å². The Bertz CT molecular complexity index is 714. The van der Waals surface area contributed by atoms with Crippen molar-refractivity contribution in [3.63, 3.8) is 0 Å². The van der Waals surface area contributed by atoms with Gasteiger partial charge in [0.1, 0.15) is 5.75 Å². The number of furan rings is 1. The van der Waals surface area contributed by atoms with E-state index in [1.54, 1.807) is 48.0 Å². The molecule has 0 aliphatic rings. The van der Waals surface area contributed by atoms with Crippen molar-refractivity contribution in [1.82, 2.24) is 4.90 Å². The standard InChI is InChI=1S/C18H17NO3S/c1-21-17-7-3-2-6-16(17)18(20)19(11-14-8-9-22-13-14)12-15-5-4-10-23-15/h2-10,13H,11-12H2,1H3. The number of methoxy groups -OCH3 is 1. The minimum absolute atomic E-state index is 0.0583. The first-order valence-corrected chi connectivity index (χ1v) is 8.11. The molecule has 5 heteroatoms. The van der Waals surface area contributed by atoms with Gasteiger partial charge in [-0.25, -0.2) is 0 Å². The molecule has 0 saturated heterocycles. The van der Waals surface area contributed by atoms with Crippen molar-refractivity contribution in [1.29, 1.82) is 0 Å². The number of hydrogen-bond donors (Lipinski definition) is 0. The molecule has 0 saturated carbocycles. The predicted molar refractivity (Wildman–Crippen MR) is 89.6 cm³/mol. The van der Waals surface area contributed by atoms with Gasteiger partial charge in [0.15, 0.2) is 0 Å². The molecule has 0 unspecified atom stereocenters. The second kappa shape index (κ2) is 7.15. The lowest BCUT2D eigenvalue weighted by Crippen LogP contribution is -2.30. The molecule has 0 fully saturated rings. The third kappa shape index (κ3) is 3.63. The molecule has 3 rings (SSSR count). The third-order valence-corrected chi connectivity index (χ3v) is 4.37. The summed E-state index contributed by atoms with van der Waals surface area (Å²) in [6.45, 7) is 1.05. The summed E-state index contributed by atoms with van der Waals surface area (Å²) in [5, 5.41) is 2.01. The Hall–Kier alpha value is -2.53. The van der Waals surface area contributed by atoms with Crippen LogP contribution in [-0.4, -0.2) is 17.9 Å². The molecular weight excluding hydrogens is 310 g/mol. The third-order valence-electron chi connectivity index (χ3n) is 3.50. The summed E-state index contributed by atoms with van der Waals surface area (Å²) in [5.41, 5.74) is 1.53. The van der Waals surface area contributed by atoms with E-state index in [1.807, 2.05) is 35.7 Å². The molecular formula is C18H17NO3S. The van der Waals surface area contributed by atoms with Crippen LogP contribution in [-0.2, 0) is 13.1 Å². The summed E-state index contributed by atoms with van der Waals surface area (Å²) in [4.78, 5) is 15.9. The van der Waals surface area contributed by atoms with Crippen LogP contribution in [0.1, 0.15) is 20.8 Å². The Morgan fingerprint density at radius 3 is 2.74 bits per heavy atom. The van der Waals surface area contributed by atoms with E-state index in [4.69, 9.17) is 9.15 Å². The van der Waals surface area contributed by atoms with Crippen LogP contribution in [0.15, 0.2) is 64.8 Å². The van der Waals surface area contributed by atoms with E-state index in [2.05, 4.69) is 0 Å². The molecule has 3 aromatic rings. The van der Waals surface area contributed by atoms with E-state index < -0.39 is 0 Å². The second-order valence-electron chi connectivity index (χ2n) is 5.07. The SMILES string of the molecule is COc1ccccc1C(=O)N(Cc1ccoc1)Cc1cccs1. The maximum absolute atomic E-state index is 13.0. The van der Waals surface area contributed by atoms with Crippen molar-refractivity contribution in [2.24, 2.45) is 0 Å². The molecule has 1 aromatic carbocycles. The van der Waals surface area contributed by atoms with E-state index in [9.17, 15) is 4.79 Å². The highest BCUT2D eigenvalue weighted by Gasteiger charge is 2.20. The molecule has 2 heterocycles. The second-order valence-corrected chi connectivity index (χ2v) is 6.10. The summed E-state index contributed by atoms with van der Waals surface area (Å²) in [6, 6.07) is 13.2. The molecule has 4 nitrogen and oxygen atoms in total. The zero-order chi connectivity index (χ0) is 16.1. The molecule has 0 spiro atoms. The molecule has 0 radical (unpaired) electrons. The number of hydrogen-bond acceptors (Lipinski definition) is 4. The van der Waals surface area contributed by atoms with Crippen LogP contribution in [0.3, 0.4) is 0 Å². The van der Waals surface area contributed by atoms with E-state index in [0.29, 0.717) is 24.4 Å². The fourth-order valence-electron chi connectivity index (χ4n) is 2.38. The van der Waals surface area contributed by atoms with Crippen molar-refractivity contribution < 1.29 is 13.9 Å². The lowest BCUT2D eigenvalue weighted by atomic mass is 10.1. The molecule has 0 atom stereocenters. The predicted octanol–water partition coefficient (Wildman–Crippen LogP) is 4.19. The molecule has 2 aromatic heterocycles. The topological polar surface area (TPSA) is 42.7 Å². The highest BCUT2D eigenvalue weighted by molar-refractivity contribution is 7.09. The lowest BCUT2D eigenvalue weighted by Gasteiger charge is -2.22.